The number of nitrogens with zero attached hydrogens (tertiary/aromatic N) is 1. The third kappa shape index (κ3) is 3.83. The highest BCUT2D eigenvalue weighted by atomic mass is 35.5. The minimum atomic E-state index is 0. The molecular weight excluding hydrogens is 266 g/mol. The van der Waals surface area contributed by atoms with Gasteiger partial charge < -0.3 is 15.5 Å². The van der Waals surface area contributed by atoms with Gasteiger partial charge in [0.25, 0.3) is 0 Å². The number of hydrogen-bond donors (Lipinski definition) is 2. The van der Waals surface area contributed by atoms with Crippen LogP contribution in [0.4, 0.5) is 0 Å². The second-order valence-electron chi connectivity index (χ2n) is 5.70. The van der Waals surface area contributed by atoms with Crippen molar-refractivity contribution in [1.82, 2.24) is 15.5 Å². The SMILES string of the molecule is CN(C)C(=O)CCNC(=O)C1CC12CCNCC2.Cl. The molecule has 110 valence electrons. The number of carbonyl (C=O) groups is 2. The summed E-state index contributed by atoms with van der Waals surface area (Å²) in [6.45, 7) is 2.52. The number of halogens is 1. The fourth-order valence-electron chi connectivity index (χ4n) is 2.84. The summed E-state index contributed by atoms with van der Waals surface area (Å²) in [7, 11) is 3.46. The molecule has 2 N–H and O–H groups in total. The zero-order valence-corrected chi connectivity index (χ0v) is 12.5. The summed E-state index contributed by atoms with van der Waals surface area (Å²) >= 11 is 0. The van der Waals surface area contributed by atoms with Crippen LogP contribution in [0.2, 0.25) is 0 Å². The first kappa shape index (κ1) is 16.2. The van der Waals surface area contributed by atoms with E-state index in [0.717, 1.165) is 32.4 Å². The Hall–Kier alpha value is -0.810. The van der Waals surface area contributed by atoms with Gasteiger partial charge in [-0.3, -0.25) is 9.59 Å². The molecule has 1 atom stereocenters. The first-order valence-corrected chi connectivity index (χ1v) is 6.74. The lowest BCUT2D eigenvalue weighted by molar-refractivity contribution is -0.128. The summed E-state index contributed by atoms with van der Waals surface area (Å²) < 4.78 is 0. The van der Waals surface area contributed by atoms with Gasteiger partial charge in [0.15, 0.2) is 0 Å². The number of carbonyl (C=O) groups excluding carboxylic acids is 2. The molecule has 19 heavy (non-hydrogen) atoms. The second kappa shape index (κ2) is 6.57. The minimum Gasteiger partial charge on any atom is -0.355 e. The van der Waals surface area contributed by atoms with Crippen molar-refractivity contribution in [2.45, 2.75) is 25.7 Å². The first-order chi connectivity index (χ1) is 8.55. The van der Waals surface area contributed by atoms with Crippen LogP contribution in [0.15, 0.2) is 0 Å². The Morgan fingerprint density at radius 1 is 1.32 bits per heavy atom. The fraction of sp³-hybridized carbons (Fsp3) is 0.846. The molecule has 1 aliphatic carbocycles. The number of hydrogen-bond acceptors (Lipinski definition) is 3. The van der Waals surface area contributed by atoms with Crippen LogP contribution >= 0.6 is 12.4 Å². The van der Waals surface area contributed by atoms with Gasteiger partial charge in [-0.05, 0) is 37.8 Å². The molecule has 0 aromatic heterocycles. The van der Waals surface area contributed by atoms with Gasteiger partial charge in [0.2, 0.25) is 11.8 Å². The van der Waals surface area contributed by atoms with Crippen LogP contribution in [0.1, 0.15) is 25.7 Å². The predicted octanol–water partition coefficient (Wildman–Crippen LogP) is 0.392. The van der Waals surface area contributed by atoms with Crippen LogP contribution in [0.5, 0.6) is 0 Å². The van der Waals surface area contributed by atoms with E-state index in [1.54, 1.807) is 19.0 Å². The quantitative estimate of drug-likeness (QED) is 0.787. The predicted molar refractivity (Wildman–Crippen MR) is 76.2 cm³/mol. The zero-order chi connectivity index (χ0) is 13.2. The topological polar surface area (TPSA) is 61.4 Å². The van der Waals surface area contributed by atoms with Crippen LogP contribution in [0.3, 0.4) is 0 Å². The third-order valence-electron chi connectivity index (χ3n) is 4.24. The maximum atomic E-state index is 12.0. The molecule has 6 heteroatoms. The maximum absolute atomic E-state index is 12.0. The van der Waals surface area contributed by atoms with E-state index < -0.39 is 0 Å². The third-order valence-corrected chi connectivity index (χ3v) is 4.24. The largest absolute Gasteiger partial charge is 0.355 e. The molecular formula is C13H24ClN3O2. The fourth-order valence-corrected chi connectivity index (χ4v) is 2.84. The smallest absolute Gasteiger partial charge is 0.223 e. The van der Waals surface area contributed by atoms with Crippen LogP contribution < -0.4 is 10.6 Å². The number of rotatable bonds is 4. The van der Waals surface area contributed by atoms with Gasteiger partial charge >= 0.3 is 0 Å². The molecule has 0 aromatic rings. The average molecular weight is 290 g/mol. The van der Waals surface area contributed by atoms with E-state index in [0.29, 0.717) is 13.0 Å². The second-order valence-corrected chi connectivity index (χ2v) is 5.70. The van der Waals surface area contributed by atoms with E-state index in [9.17, 15) is 9.59 Å². The highest BCUT2D eigenvalue weighted by Gasteiger charge is 2.57. The number of amides is 2. The van der Waals surface area contributed by atoms with E-state index in [2.05, 4.69) is 10.6 Å². The van der Waals surface area contributed by atoms with Crippen LogP contribution in [0, 0.1) is 11.3 Å². The van der Waals surface area contributed by atoms with Crippen molar-refractivity contribution < 1.29 is 9.59 Å². The molecule has 0 bridgehead atoms. The molecule has 1 unspecified atom stereocenters. The summed E-state index contributed by atoms with van der Waals surface area (Å²) in [5.41, 5.74) is 0.279. The summed E-state index contributed by atoms with van der Waals surface area (Å²) in [4.78, 5) is 24.9. The van der Waals surface area contributed by atoms with Gasteiger partial charge in [-0.1, -0.05) is 0 Å². The molecule has 1 aliphatic heterocycles. The summed E-state index contributed by atoms with van der Waals surface area (Å²) in [6, 6.07) is 0. The molecule has 2 rings (SSSR count). The average Bonchev–Trinajstić information content (AvgIpc) is 3.03. The van der Waals surface area contributed by atoms with Crippen molar-refractivity contribution in [3.63, 3.8) is 0 Å². The van der Waals surface area contributed by atoms with Crippen molar-refractivity contribution in [3.05, 3.63) is 0 Å². The molecule has 2 aliphatic rings. The van der Waals surface area contributed by atoms with E-state index in [1.807, 2.05) is 0 Å². The normalized spacial score (nSPS) is 23.4. The van der Waals surface area contributed by atoms with Crippen molar-refractivity contribution in [3.8, 4) is 0 Å². The van der Waals surface area contributed by atoms with Crippen LogP contribution in [-0.4, -0.2) is 50.4 Å². The lowest BCUT2D eigenvalue weighted by Gasteiger charge is -2.23. The summed E-state index contributed by atoms with van der Waals surface area (Å²) in [6.07, 6.45) is 3.64. The van der Waals surface area contributed by atoms with E-state index >= 15 is 0 Å². The Kier molecular flexibility index (Phi) is 5.62. The summed E-state index contributed by atoms with van der Waals surface area (Å²) in [5.74, 6) is 0.389. The number of nitrogens with one attached hydrogen (secondary N) is 2. The zero-order valence-electron chi connectivity index (χ0n) is 11.7. The van der Waals surface area contributed by atoms with Gasteiger partial charge in [0.1, 0.15) is 0 Å². The van der Waals surface area contributed by atoms with E-state index in [4.69, 9.17) is 0 Å². The number of piperidine rings is 1. The molecule has 2 amide bonds. The first-order valence-electron chi connectivity index (χ1n) is 6.74. The van der Waals surface area contributed by atoms with Crippen LogP contribution in [0.25, 0.3) is 0 Å². The molecule has 1 saturated heterocycles. The Bertz CT molecular complexity index is 341. The highest BCUT2D eigenvalue weighted by Crippen LogP contribution is 2.58. The van der Waals surface area contributed by atoms with E-state index in [1.165, 1.54) is 0 Å². The molecule has 2 fully saturated rings. The Morgan fingerprint density at radius 3 is 2.53 bits per heavy atom. The Labute approximate surface area is 120 Å². The van der Waals surface area contributed by atoms with Gasteiger partial charge in [-0.2, -0.15) is 0 Å². The molecule has 1 spiro atoms. The minimum absolute atomic E-state index is 0. The molecule has 1 saturated carbocycles. The molecule has 0 aromatic carbocycles. The molecule has 5 nitrogen and oxygen atoms in total. The standard InChI is InChI=1S/C13H23N3O2.ClH/c1-16(2)11(17)3-6-15-12(18)10-9-13(10)4-7-14-8-5-13;/h10,14H,3-9H2,1-2H3,(H,15,18);1H. The lowest BCUT2D eigenvalue weighted by Crippen LogP contribution is -2.35. The van der Waals surface area contributed by atoms with Crippen LogP contribution in [-0.2, 0) is 9.59 Å². The lowest BCUT2D eigenvalue weighted by atomic mass is 9.92. The Morgan fingerprint density at radius 2 is 1.95 bits per heavy atom. The van der Waals surface area contributed by atoms with Gasteiger partial charge in [-0.25, -0.2) is 0 Å². The monoisotopic (exact) mass is 289 g/mol. The van der Waals surface area contributed by atoms with Crippen molar-refractivity contribution in [2.75, 3.05) is 33.7 Å². The van der Waals surface area contributed by atoms with Gasteiger partial charge in [0.05, 0.1) is 0 Å². The van der Waals surface area contributed by atoms with E-state index in [-0.39, 0.29) is 35.6 Å². The molecule has 1 heterocycles. The van der Waals surface area contributed by atoms with Gasteiger partial charge in [-0.15, -0.1) is 12.4 Å². The Balaban J connectivity index is 0.00000180. The highest BCUT2D eigenvalue weighted by molar-refractivity contribution is 5.85. The maximum Gasteiger partial charge on any atom is 0.223 e. The van der Waals surface area contributed by atoms with Crippen molar-refractivity contribution in [1.29, 1.82) is 0 Å². The summed E-state index contributed by atoms with van der Waals surface area (Å²) in [5, 5.41) is 6.22. The van der Waals surface area contributed by atoms with Crippen molar-refractivity contribution in [2.24, 2.45) is 11.3 Å². The van der Waals surface area contributed by atoms with Crippen molar-refractivity contribution >= 4 is 24.2 Å². The van der Waals surface area contributed by atoms with Gasteiger partial charge in [0, 0.05) is 33.0 Å². The molecule has 0 radical (unpaired) electrons.